The first kappa shape index (κ1) is 20.6. The summed E-state index contributed by atoms with van der Waals surface area (Å²) in [4.78, 5) is 20.1. The highest BCUT2D eigenvalue weighted by molar-refractivity contribution is 7.22. The molecule has 5 rings (SSSR count). The Balaban J connectivity index is 1.39. The van der Waals surface area contributed by atoms with Gasteiger partial charge in [0.25, 0.3) is 5.91 Å². The monoisotopic (exact) mass is 435 g/mol. The summed E-state index contributed by atoms with van der Waals surface area (Å²) in [6.45, 7) is 10.5. The van der Waals surface area contributed by atoms with Gasteiger partial charge < -0.3 is 10.1 Å². The molecule has 161 valence electrons. The van der Waals surface area contributed by atoms with Gasteiger partial charge in [-0.05, 0) is 60.7 Å². The van der Waals surface area contributed by atoms with Gasteiger partial charge in [0.1, 0.15) is 0 Å². The number of para-hydroxylation sites is 1. The summed E-state index contributed by atoms with van der Waals surface area (Å²) >= 11 is 1.50. The van der Waals surface area contributed by atoms with Crippen molar-refractivity contribution in [2.45, 2.75) is 18.9 Å². The number of benzene rings is 2. The molecule has 2 N–H and O–H groups in total. The average Bonchev–Trinajstić information content (AvgIpc) is 3.21. The third-order valence-corrected chi connectivity index (χ3v) is 7.05. The Kier molecular flexibility index (Phi) is 6.00. The molecular weight excluding hydrogens is 408 g/mol. The van der Waals surface area contributed by atoms with Gasteiger partial charge in [-0.25, -0.2) is 4.98 Å². The lowest BCUT2D eigenvalue weighted by atomic mass is 9.85. The molecule has 1 saturated heterocycles. The summed E-state index contributed by atoms with van der Waals surface area (Å²) in [5, 5.41) is 7.08. The highest BCUT2D eigenvalue weighted by Crippen LogP contribution is 2.30. The van der Waals surface area contributed by atoms with Crippen LogP contribution in [0.5, 0.6) is 0 Å². The van der Waals surface area contributed by atoms with Crippen molar-refractivity contribution >= 4 is 32.6 Å². The van der Waals surface area contributed by atoms with Crippen LogP contribution in [0.15, 0.2) is 36.4 Å². The van der Waals surface area contributed by atoms with Crippen LogP contribution in [0, 0.1) is 6.92 Å². The Hall–Kier alpha value is -2.32. The van der Waals surface area contributed by atoms with E-state index in [0.29, 0.717) is 11.7 Å². The summed E-state index contributed by atoms with van der Waals surface area (Å²) < 4.78 is 6.54. The number of anilines is 1. The molecule has 7 heteroatoms. The normalized spacial score (nSPS) is 18.0. The number of hydrogen-bond donors (Lipinski definition) is 2. The second-order valence-corrected chi connectivity index (χ2v) is 9.17. The van der Waals surface area contributed by atoms with Crippen molar-refractivity contribution in [1.82, 2.24) is 15.2 Å². The Morgan fingerprint density at radius 1 is 1.23 bits per heavy atom. The second-order valence-electron chi connectivity index (χ2n) is 8.14. The quantitative estimate of drug-likeness (QED) is 0.643. The minimum absolute atomic E-state index is 0.0978. The zero-order chi connectivity index (χ0) is 21.2. The van der Waals surface area contributed by atoms with E-state index in [1.165, 1.54) is 22.5 Å². The fourth-order valence-corrected chi connectivity index (χ4v) is 5.38. The molecule has 31 heavy (non-hydrogen) atoms. The van der Waals surface area contributed by atoms with Crippen molar-refractivity contribution in [3.8, 4) is 0 Å². The van der Waals surface area contributed by atoms with E-state index in [4.69, 9.17) is 4.74 Å². The van der Waals surface area contributed by atoms with Gasteiger partial charge in [0, 0.05) is 31.7 Å². The van der Waals surface area contributed by atoms with Crippen molar-refractivity contribution < 1.29 is 9.53 Å². The first-order valence-electron chi connectivity index (χ1n) is 10.8. The number of carbonyl (C=O) groups is 1. The molecule has 2 aromatic carbocycles. The van der Waals surface area contributed by atoms with Gasteiger partial charge in [0.05, 0.1) is 23.4 Å². The molecule has 3 heterocycles. The Labute approximate surface area is 186 Å². The molecule has 1 atom stereocenters. The van der Waals surface area contributed by atoms with Crippen molar-refractivity contribution in [2.24, 2.45) is 0 Å². The maximum absolute atomic E-state index is 13.2. The predicted molar refractivity (Wildman–Crippen MR) is 125 cm³/mol. The van der Waals surface area contributed by atoms with E-state index in [-0.39, 0.29) is 11.8 Å². The molecule has 1 fully saturated rings. The van der Waals surface area contributed by atoms with Gasteiger partial charge in [-0.3, -0.25) is 15.0 Å². The second kappa shape index (κ2) is 9.04. The first-order valence-corrected chi connectivity index (χ1v) is 11.7. The smallest absolute Gasteiger partial charge is 0.257 e. The van der Waals surface area contributed by atoms with Crippen molar-refractivity contribution in [3.05, 3.63) is 65.6 Å². The Morgan fingerprint density at radius 2 is 2.06 bits per heavy atom. The SMILES string of the molecule is [CH2]C(CN1CCOCC1)c1ccc(C(=O)Nc2nc3ccccc3s2)c2c1CCNC2. The van der Waals surface area contributed by atoms with E-state index in [1.54, 1.807) is 0 Å². The molecule has 6 nitrogen and oxygen atoms in total. The largest absolute Gasteiger partial charge is 0.379 e. The minimum atomic E-state index is -0.0978. The summed E-state index contributed by atoms with van der Waals surface area (Å²) in [6.07, 6.45) is 0.919. The van der Waals surface area contributed by atoms with E-state index < -0.39 is 0 Å². The highest BCUT2D eigenvalue weighted by atomic mass is 32.1. The Bertz CT molecular complexity index is 1060. The molecule has 0 spiro atoms. The molecule has 1 unspecified atom stereocenters. The first-order chi connectivity index (χ1) is 15.2. The van der Waals surface area contributed by atoms with Crippen molar-refractivity contribution in [1.29, 1.82) is 0 Å². The molecule has 1 amide bonds. The van der Waals surface area contributed by atoms with Crippen LogP contribution in [0.3, 0.4) is 0 Å². The van der Waals surface area contributed by atoms with Crippen LogP contribution in [-0.4, -0.2) is 55.2 Å². The van der Waals surface area contributed by atoms with Crippen molar-refractivity contribution in [3.63, 3.8) is 0 Å². The third kappa shape index (κ3) is 4.36. The molecule has 2 aliphatic rings. The molecule has 0 saturated carbocycles. The van der Waals surface area contributed by atoms with Crippen LogP contribution in [0.4, 0.5) is 5.13 Å². The molecule has 0 bridgehead atoms. The Morgan fingerprint density at radius 3 is 2.90 bits per heavy atom. The lowest BCUT2D eigenvalue weighted by molar-refractivity contribution is 0.0366. The van der Waals surface area contributed by atoms with Gasteiger partial charge in [-0.15, -0.1) is 0 Å². The van der Waals surface area contributed by atoms with Crippen LogP contribution in [-0.2, 0) is 17.7 Å². The van der Waals surface area contributed by atoms with Crippen LogP contribution in [0.25, 0.3) is 10.2 Å². The van der Waals surface area contributed by atoms with Gasteiger partial charge in [-0.2, -0.15) is 0 Å². The molecule has 0 aliphatic carbocycles. The number of nitrogens with zero attached hydrogens (tertiary/aromatic N) is 2. The molecule has 1 radical (unpaired) electrons. The lowest BCUT2D eigenvalue weighted by Gasteiger charge is -2.31. The topological polar surface area (TPSA) is 66.5 Å². The number of hydrogen-bond acceptors (Lipinski definition) is 6. The number of rotatable bonds is 5. The van der Waals surface area contributed by atoms with Gasteiger partial charge in [0.2, 0.25) is 0 Å². The van der Waals surface area contributed by atoms with Crippen LogP contribution >= 0.6 is 11.3 Å². The van der Waals surface area contributed by atoms with Crippen LogP contribution in [0.2, 0.25) is 0 Å². The summed E-state index contributed by atoms with van der Waals surface area (Å²) in [5.41, 5.74) is 5.27. The van der Waals surface area contributed by atoms with E-state index in [9.17, 15) is 4.79 Å². The zero-order valence-electron chi connectivity index (χ0n) is 17.5. The number of ether oxygens (including phenoxy) is 1. The lowest BCUT2D eigenvalue weighted by Crippen LogP contribution is -2.38. The molecule has 1 aromatic heterocycles. The van der Waals surface area contributed by atoms with Crippen molar-refractivity contribution in [2.75, 3.05) is 44.7 Å². The van der Waals surface area contributed by atoms with Crippen LogP contribution < -0.4 is 10.6 Å². The maximum atomic E-state index is 13.2. The number of aromatic nitrogens is 1. The number of amides is 1. The van der Waals surface area contributed by atoms with Gasteiger partial charge in [-0.1, -0.05) is 29.5 Å². The number of morpholine rings is 1. The number of carbonyl (C=O) groups excluding carboxylic acids is 1. The number of nitrogens with one attached hydrogen (secondary N) is 2. The minimum Gasteiger partial charge on any atom is -0.379 e. The predicted octanol–water partition coefficient (Wildman–Crippen LogP) is 3.44. The number of fused-ring (bicyclic) bond motifs is 2. The van der Waals surface area contributed by atoms with E-state index >= 15 is 0 Å². The maximum Gasteiger partial charge on any atom is 0.257 e. The molecule has 3 aromatic rings. The standard InChI is InChI=1S/C24H27N4O2S/c1-16(15-28-10-12-30-13-11-28)17-6-7-19(20-14-25-9-8-18(17)20)23(29)27-24-26-21-4-2-3-5-22(21)31-24/h2-7,16,25H,1,8-15H2,(H,26,27,29). The van der Waals surface area contributed by atoms with E-state index in [1.807, 2.05) is 30.3 Å². The summed E-state index contributed by atoms with van der Waals surface area (Å²) in [5.74, 6) is 0.0747. The van der Waals surface area contributed by atoms with E-state index in [0.717, 1.165) is 67.2 Å². The van der Waals surface area contributed by atoms with Crippen LogP contribution in [0.1, 0.15) is 33.0 Å². The fraction of sp³-hybridized carbons (Fsp3) is 0.375. The average molecular weight is 436 g/mol. The molecule has 2 aliphatic heterocycles. The summed E-state index contributed by atoms with van der Waals surface area (Å²) in [6, 6.07) is 12.0. The molecular formula is C24H27N4O2S. The third-order valence-electron chi connectivity index (χ3n) is 6.10. The zero-order valence-corrected chi connectivity index (χ0v) is 18.3. The number of thiazole rings is 1. The summed E-state index contributed by atoms with van der Waals surface area (Å²) in [7, 11) is 0. The fourth-order valence-electron chi connectivity index (χ4n) is 4.51. The van der Waals surface area contributed by atoms with E-state index in [2.05, 4.69) is 33.5 Å². The highest BCUT2D eigenvalue weighted by Gasteiger charge is 2.24. The van der Waals surface area contributed by atoms with Gasteiger partial charge in [0.15, 0.2) is 5.13 Å². The van der Waals surface area contributed by atoms with Gasteiger partial charge >= 0.3 is 0 Å².